The Morgan fingerprint density at radius 3 is 2.52 bits per heavy atom. The summed E-state index contributed by atoms with van der Waals surface area (Å²) in [5.74, 6) is 0.737. The lowest BCUT2D eigenvalue weighted by molar-refractivity contribution is 0.464. The van der Waals surface area contributed by atoms with E-state index in [1.165, 1.54) is 0 Å². The maximum absolute atomic E-state index is 12.9. The topological polar surface area (TPSA) is 76.3 Å². The lowest BCUT2D eigenvalue weighted by Crippen LogP contribution is -2.29. The molecular weight excluding hydrogens is 286 g/mol. The second-order valence-electron chi connectivity index (χ2n) is 5.83. The number of hydrogen-bond acceptors (Lipinski definition) is 4. The Kier molecular flexibility index (Phi) is 3.37. The van der Waals surface area contributed by atoms with E-state index < -0.39 is 10.0 Å². The van der Waals surface area contributed by atoms with Crippen LogP contribution in [0.5, 0.6) is 0 Å². The van der Waals surface area contributed by atoms with Crippen molar-refractivity contribution in [2.75, 3.05) is 18.8 Å². The van der Waals surface area contributed by atoms with E-state index in [1.54, 1.807) is 34.8 Å². The molecule has 1 aliphatic rings. The first-order valence-corrected chi connectivity index (χ1v) is 8.48. The number of hydrogen-bond donors (Lipinski definition) is 1. The number of nitrogens with two attached hydrogens (primary N) is 1. The fraction of sp³-hybridized carbons (Fsp3) is 0.400. The third kappa shape index (κ3) is 2.28. The molecule has 0 radical (unpaired) electrons. The van der Waals surface area contributed by atoms with Gasteiger partial charge in [0.1, 0.15) is 4.90 Å². The summed E-state index contributed by atoms with van der Waals surface area (Å²) in [4.78, 5) is 4.48. The molecule has 21 heavy (non-hydrogen) atoms. The summed E-state index contributed by atoms with van der Waals surface area (Å²) in [6.45, 7) is 5.28. The van der Waals surface area contributed by atoms with Crippen LogP contribution in [0, 0.1) is 11.8 Å². The minimum atomic E-state index is -3.53. The van der Waals surface area contributed by atoms with Crippen LogP contribution in [0.4, 0.5) is 5.69 Å². The molecule has 2 aromatic rings. The molecule has 112 valence electrons. The van der Waals surface area contributed by atoms with E-state index in [1.807, 2.05) is 0 Å². The van der Waals surface area contributed by atoms with Crippen LogP contribution in [0.25, 0.3) is 10.9 Å². The van der Waals surface area contributed by atoms with Crippen molar-refractivity contribution in [1.82, 2.24) is 9.29 Å². The Morgan fingerprint density at radius 1 is 1.19 bits per heavy atom. The molecule has 1 aromatic carbocycles. The predicted octanol–water partition coefficient (Wildman–Crippen LogP) is 2.09. The van der Waals surface area contributed by atoms with Gasteiger partial charge in [-0.3, -0.25) is 4.98 Å². The maximum Gasteiger partial charge on any atom is 0.245 e. The predicted molar refractivity (Wildman–Crippen MR) is 83.2 cm³/mol. The van der Waals surface area contributed by atoms with E-state index in [2.05, 4.69) is 18.8 Å². The zero-order valence-electron chi connectivity index (χ0n) is 12.2. The third-order valence-corrected chi connectivity index (χ3v) is 6.20. The van der Waals surface area contributed by atoms with Gasteiger partial charge in [-0.15, -0.1) is 0 Å². The Labute approximate surface area is 124 Å². The number of sulfonamides is 1. The van der Waals surface area contributed by atoms with Crippen molar-refractivity contribution in [3.8, 4) is 0 Å². The fourth-order valence-electron chi connectivity index (χ4n) is 2.79. The Morgan fingerprint density at radius 2 is 1.86 bits per heavy atom. The molecule has 0 aliphatic carbocycles. The van der Waals surface area contributed by atoms with E-state index in [0.717, 1.165) is 0 Å². The highest BCUT2D eigenvalue weighted by Gasteiger charge is 2.36. The van der Waals surface area contributed by atoms with E-state index in [9.17, 15) is 8.42 Å². The highest BCUT2D eigenvalue weighted by Crippen LogP contribution is 2.32. The molecule has 1 aliphatic heterocycles. The van der Waals surface area contributed by atoms with Crippen LogP contribution in [0.1, 0.15) is 13.8 Å². The summed E-state index contributed by atoms with van der Waals surface area (Å²) in [5.41, 5.74) is 6.91. The van der Waals surface area contributed by atoms with Gasteiger partial charge in [-0.2, -0.15) is 4.31 Å². The molecule has 2 atom stereocenters. The highest BCUT2D eigenvalue weighted by molar-refractivity contribution is 7.89. The van der Waals surface area contributed by atoms with Crippen molar-refractivity contribution in [1.29, 1.82) is 0 Å². The van der Waals surface area contributed by atoms with Crippen LogP contribution >= 0.6 is 0 Å². The first kappa shape index (κ1) is 14.3. The molecule has 0 bridgehead atoms. The summed E-state index contributed by atoms with van der Waals surface area (Å²) in [6.07, 6.45) is 1.59. The van der Waals surface area contributed by atoms with Gasteiger partial charge in [-0.05, 0) is 36.1 Å². The summed E-state index contributed by atoms with van der Waals surface area (Å²) in [7, 11) is -3.53. The number of anilines is 1. The lowest BCUT2D eigenvalue weighted by atomic mass is 10.0. The molecule has 0 spiro atoms. The van der Waals surface area contributed by atoms with Crippen LogP contribution in [-0.2, 0) is 10.0 Å². The van der Waals surface area contributed by atoms with Crippen molar-refractivity contribution in [2.45, 2.75) is 18.7 Å². The second kappa shape index (κ2) is 4.96. The van der Waals surface area contributed by atoms with E-state index >= 15 is 0 Å². The average Bonchev–Trinajstić information content (AvgIpc) is 2.80. The highest BCUT2D eigenvalue weighted by atomic mass is 32.2. The molecular formula is C15H19N3O2S. The number of aromatic nitrogens is 1. The van der Waals surface area contributed by atoms with E-state index in [-0.39, 0.29) is 4.90 Å². The fourth-order valence-corrected chi connectivity index (χ4v) is 4.58. The first-order valence-electron chi connectivity index (χ1n) is 7.04. The number of pyridine rings is 1. The minimum Gasteiger partial charge on any atom is -0.398 e. The summed E-state index contributed by atoms with van der Waals surface area (Å²) in [6, 6.07) is 6.76. The molecule has 0 saturated carbocycles. The Bertz CT molecular complexity index is 779. The normalized spacial score (nSPS) is 23.7. The maximum atomic E-state index is 12.9. The van der Waals surface area contributed by atoms with Gasteiger partial charge < -0.3 is 5.73 Å². The van der Waals surface area contributed by atoms with Crippen molar-refractivity contribution in [2.24, 2.45) is 11.8 Å². The molecule has 2 unspecified atom stereocenters. The molecule has 2 heterocycles. The molecule has 6 heteroatoms. The van der Waals surface area contributed by atoms with Gasteiger partial charge in [-0.1, -0.05) is 13.8 Å². The van der Waals surface area contributed by atoms with Crippen LogP contribution in [0.15, 0.2) is 35.4 Å². The summed E-state index contributed by atoms with van der Waals surface area (Å²) >= 11 is 0. The third-order valence-electron chi connectivity index (χ3n) is 4.34. The molecule has 2 N–H and O–H groups in total. The molecule has 1 aromatic heterocycles. The largest absolute Gasteiger partial charge is 0.398 e. The van der Waals surface area contributed by atoms with Gasteiger partial charge in [0.15, 0.2) is 0 Å². The van der Waals surface area contributed by atoms with Crippen LogP contribution < -0.4 is 5.73 Å². The monoisotopic (exact) mass is 305 g/mol. The lowest BCUT2D eigenvalue weighted by Gasteiger charge is -2.17. The molecule has 3 rings (SSSR count). The summed E-state index contributed by atoms with van der Waals surface area (Å²) in [5, 5.41) is 0.680. The van der Waals surface area contributed by atoms with E-state index in [4.69, 9.17) is 5.73 Å². The van der Waals surface area contributed by atoms with Crippen molar-refractivity contribution < 1.29 is 8.42 Å². The number of nitrogen functional groups attached to an aromatic ring is 1. The quantitative estimate of drug-likeness (QED) is 0.862. The Balaban J connectivity index is 2.14. The van der Waals surface area contributed by atoms with Crippen molar-refractivity contribution in [3.63, 3.8) is 0 Å². The van der Waals surface area contributed by atoms with Gasteiger partial charge in [0.05, 0.1) is 5.52 Å². The zero-order valence-corrected chi connectivity index (χ0v) is 13.0. The van der Waals surface area contributed by atoms with E-state index in [0.29, 0.717) is 41.5 Å². The zero-order chi connectivity index (χ0) is 15.2. The van der Waals surface area contributed by atoms with Gasteiger partial charge in [0, 0.05) is 30.4 Å². The smallest absolute Gasteiger partial charge is 0.245 e. The number of nitrogens with zero attached hydrogens (tertiary/aromatic N) is 2. The molecule has 5 nitrogen and oxygen atoms in total. The van der Waals surface area contributed by atoms with Crippen molar-refractivity contribution in [3.05, 3.63) is 30.5 Å². The van der Waals surface area contributed by atoms with Gasteiger partial charge in [0.25, 0.3) is 0 Å². The van der Waals surface area contributed by atoms with Gasteiger partial charge in [-0.25, -0.2) is 8.42 Å². The standard InChI is InChI=1S/C15H19N3O2S/c1-10-8-18(9-11(10)2)21(19,20)14-6-5-13(16)12-4-3-7-17-15(12)14/h3-7,10-11H,8-9,16H2,1-2H3. The minimum absolute atomic E-state index is 0.244. The summed E-state index contributed by atoms with van der Waals surface area (Å²) < 4.78 is 27.3. The second-order valence-corrected chi connectivity index (χ2v) is 7.74. The van der Waals surface area contributed by atoms with Gasteiger partial charge >= 0.3 is 0 Å². The number of benzene rings is 1. The molecule has 0 amide bonds. The Hall–Kier alpha value is -1.66. The average molecular weight is 305 g/mol. The van der Waals surface area contributed by atoms with Gasteiger partial charge in [0.2, 0.25) is 10.0 Å². The van der Waals surface area contributed by atoms with Crippen LogP contribution in [0.3, 0.4) is 0 Å². The molecule has 1 fully saturated rings. The SMILES string of the molecule is CC1CN(S(=O)(=O)c2ccc(N)c3cccnc23)CC1C. The van der Waals surface area contributed by atoms with Crippen LogP contribution in [-0.4, -0.2) is 30.8 Å². The number of fused-ring (bicyclic) bond motifs is 1. The van der Waals surface area contributed by atoms with Crippen molar-refractivity contribution >= 4 is 26.6 Å². The first-order chi connectivity index (χ1) is 9.91. The molecule has 1 saturated heterocycles. The van der Waals surface area contributed by atoms with Crippen LogP contribution in [0.2, 0.25) is 0 Å². The number of rotatable bonds is 2.